The van der Waals surface area contributed by atoms with E-state index in [9.17, 15) is 4.79 Å². The van der Waals surface area contributed by atoms with Crippen LogP contribution in [-0.2, 0) is 17.8 Å². The van der Waals surface area contributed by atoms with E-state index in [1.165, 1.54) is 11.1 Å². The number of hydrogen-bond donors (Lipinski definition) is 0. The van der Waals surface area contributed by atoms with Gasteiger partial charge in [-0.1, -0.05) is 54.6 Å². The molecule has 2 aliphatic heterocycles. The van der Waals surface area contributed by atoms with E-state index >= 15 is 0 Å². The topological polar surface area (TPSA) is 42.0 Å². The standard InChI is InChI=1S/C26H26N2O3/c1-30-24-13-7-10-19-14-15-27(16-21(19)24)17-26(29)28-22-11-5-6-12-25(22)31-18-23(28)20-8-3-2-4-9-20/h2-13,23H,14-18H2,1H3. The van der Waals surface area contributed by atoms with Crippen LogP contribution in [0.2, 0.25) is 0 Å². The van der Waals surface area contributed by atoms with Crippen molar-refractivity contribution in [1.29, 1.82) is 0 Å². The summed E-state index contributed by atoms with van der Waals surface area (Å²) < 4.78 is 11.6. The van der Waals surface area contributed by atoms with Gasteiger partial charge in [-0.05, 0) is 35.7 Å². The number of nitrogens with zero attached hydrogens (tertiary/aromatic N) is 2. The van der Waals surface area contributed by atoms with Crippen LogP contribution in [0.1, 0.15) is 22.7 Å². The fourth-order valence-corrected chi connectivity index (χ4v) is 4.62. The molecule has 0 N–H and O–H groups in total. The Balaban J connectivity index is 1.42. The Hall–Kier alpha value is -3.31. The van der Waals surface area contributed by atoms with E-state index in [0.717, 1.165) is 35.7 Å². The molecule has 0 saturated heterocycles. The van der Waals surface area contributed by atoms with Gasteiger partial charge >= 0.3 is 0 Å². The molecule has 1 amide bonds. The SMILES string of the molecule is COc1cccc2c1CN(CC(=O)N1c3ccccc3OCC1c1ccccc1)CC2. The van der Waals surface area contributed by atoms with Crippen molar-refractivity contribution in [2.45, 2.75) is 19.0 Å². The molecule has 5 nitrogen and oxygen atoms in total. The van der Waals surface area contributed by atoms with E-state index in [-0.39, 0.29) is 11.9 Å². The lowest BCUT2D eigenvalue weighted by atomic mass is 9.98. The Morgan fingerprint density at radius 3 is 2.68 bits per heavy atom. The van der Waals surface area contributed by atoms with Crippen LogP contribution in [0.3, 0.4) is 0 Å². The average molecular weight is 415 g/mol. The number of anilines is 1. The quantitative estimate of drug-likeness (QED) is 0.641. The largest absolute Gasteiger partial charge is 0.496 e. The van der Waals surface area contributed by atoms with E-state index in [1.54, 1.807) is 7.11 Å². The normalized spacial score (nSPS) is 18.0. The lowest BCUT2D eigenvalue weighted by Crippen LogP contribution is -2.47. The third kappa shape index (κ3) is 3.77. The molecule has 0 saturated carbocycles. The minimum atomic E-state index is -0.143. The predicted molar refractivity (Wildman–Crippen MR) is 121 cm³/mol. The van der Waals surface area contributed by atoms with Gasteiger partial charge in [-0.2, -0.15) is 0 Å². The van der Waals surface area contributed by atoms with E-state index in [2.05, 4.69) is 23.1 Å². The molecule has 0 radical (unpaired) electrons. The van der Waals surface area contributed by atoms with Crippen molar-refractivity contribution in [2.24, 2.45) is 0 Å². The summed E-state index contributed by atoms with van der Waals surface area (Å²) in [4.78, 5) is 17.8. The molecule has 1 unspecified atom stereocenters. The second-order valence-corrected chi connectivity index (χ2v) is 8.03. The molecule has 0 aliphatic carbocycles. The van der Waals surface area contributed by atoms with Crippen molar-refractivity contribution >= 4 is 11.6 Å². The molecule has 2 aliphatic rings. The van der Waals surface area contributed by atoms with Crippen molar-refractivity contribution in [3.8, 4) is 11.5 Å². The van der Waals surface area contributed by atoms with E-state index in [0.29, 0.717) is 19.7 Å². The van der Waals surface area contributed by atoms with Crippen LogP contribution in [0.4, 0.5) is 5.69 Å². The van der Waals surface area contributed by atoms with E-state index < -0.39 is 0 Å². The molecular weight excluding hydrogens is 388 g/mol. The molecule has 5 rings (SSSR count). The number of carbonyl (C=O) groups is 1. The zero-order valence-electron chi connectivity index (χ0n) is 17.7. The number of carbonyl (C=O) groups excluding carboxylic acids is 1. The molecule has 0 spiro atoms. The number of hydrogen-bond acceptors (Lipinski definition) is 4. The van der Waals surface area contributed by atoms with Crippen molar-refractivity contribution in [3.05, 3.63) is 89.5 Å². The Morgan fingerprint density at radius 2 is 1.84 bits per heavy atom. The molecule has 1 atom stereocenters. The first-order valence-corrected chi connectivity index (χ1v) is 10.7. The molecule has 0 fully saturated rings. The van der Waals surface area contributed by atoms with Crippen LogP contribution in [-0.4, -0.2) is 37.6 Å². The third-order valence-corrected chi connectivity index (χ3v) is 6.17. The summed E-state index contributed by atoms with van der Waals surface area (Å²) in [5, 5.41) is 0. The maximum atomic E-state index is 13.7. The third-order valence-electron chi connectivity index (χ3n) is 6.17. The molecule has 3 aromatic carbocycles. The first-order chi connectivity index (χ1) is 15.2. The molecule has 31 heavy (non-hydrogen) atoms. The highest BCUT2D eigenvalue weighted by atomic mass is 16.5. The molecular formula is C26H26N2O3. The summed E-state index contributed by atoms with van der Waals surface area (Å²) in [5.41, 5.74) is 4.41. The maximum absolute atomic E-state index is 13.7. The predicted octanol–water partition coefficient (Wildman–Crippen LogP) is 4.22. The number of ether oxygens (including phenoxy) is 2. The number of benzene rings is 3. The lowest BCUT2D eigenvalue weighted by Gasteiger charge is -2.39. The van der Waals surface area contributed by atoms with E-state index in [1.807, 2.05) is 59.5 Å². The highest BCUT2D eigenvalue weighted by molar-refractivity contribution is 5.97. The van der Waals surface area contributed by atoms with Crippen LogP contribution in [0, 0.1) is 0 Å². The highest BCUT2D eigenvalue weighted by Gasteiger charge is 2.34. The molecule has 3 aromatic rings. The summed E-state index contributed by atoms with van der Waals surface area (Å²) in [5.74, 6) is 1.74. The van der Waals surface area contributed by atoms with Gasteiger partial charge < -0.3 is 9.47 Å². The summed E-state index contributed by atoms with van der Waals surface area (Å²) in [6, 6.07) is 24.0. The van der Waals surface area contributed by atoms with Gasteiger partial charge in [-0.25, -0.2) is 0 Å². The van der Waals surface area contributed by atoms with Crippen LogP contribution in [0.25, 0.3) is 0 Å². The molecule has 5 heteroatoms. The van der Waals surface area contributed by atoms with Crippen molar-refractivity contribution in [3.63, 3.8) is 0 Å². The number of amides is 1. The number of fused-ring (bicyclic) bond motifs is 2. The second kappa shape index (κ2) is 8.44. The van der Waals surface area contributed by atoms with Gasteiger partial charge in [0.25, 0.3) is 0 Å². The van der Waals surface area contributed by atoms with Crippen LogP contribution in [0.15, 0.2) is 72.8 Å². The first-order valence-electron chi connectivity index (χ1n) is 10.7. The first kappa shape index (κ1) is 19.6. The summed E-state index contributed by atoms with van der Waals surface area (Å²) in [7, 11) is 1.70. The van der Waals surface area contributed by atoms with Gasteiger partial charge in [0.1, 0.15) is 18.1 Å². The van der Waals surface area contributed by atoms with Crippen LogP contribution < -0.4 is 14.4 Å². The monoisotopic (exact) mass is 414 g/mol. The summed E-state index contributed by atoms with van der Waals surface area (Å²) in [6.07, 6.45) is 0.918. The zero-order chi connectivity index (χ0) is 21.2. The highest BCUT2D eigenvalue weighted by Crippen LogP contribution is 2.39. The number of methoxy groups -OCH3 is 1. The molecule has 0 aromatic heterocycles. The lowest BCUT2D eigenvalue weighted by molar-refractivity contribution is -0.120. The fourth-order valence-electron chi connectivity index (χ4n) is 4.62. The number of rotatable bonds is 4. The van der Waals surface area contributed by atoms with Gasteiger partial charge in [0.2, 0.25) is 5.91 Å². The average Bonchev–Trinajstić information content (AvgIpc) is 2.83. The smallest absolute Gasteiger partial charge is 0.241 e. The van der Waals surface area contributed by atoms with Gasteiger partial charge in [-0.3, -0.25) is 14.6 Å². The second-order valence-electron chi connectivity index (χ2n) is 8.03. The van der Waals surface area contributed by atoms with Gasteiger partial charge in [0.15, 0.2) is 0 Å². The van der Waals surface area contributed by atoms with Gasteiger partial charge in [0.05, 0.1) is 25.4 Å². The maximum Gasteiger partial charge on any atom is 0.241 e. The van der Waals surface area contributed by atoms with Gasteiger partial charge in [-0.15, -0.1) is 0 Å². The number of para-hydroxylation sites is 2. The minimum Gasteiger partial charge on any atom is -0.496 e. The van der Waals surface area contributed by atoms with E-state index in [4.69, 9.17) is 9.47 Å². The fraction of sp³-hybridized carbons (Fsp3) is 0.269. The summed E-state index contributed by atoms with van der Waals surface area (Å²) >= 11 is 0. The Morgan fingerprint density at radius 1 is 1.03 bits per heavy atom. The van der Waals surface area contributed by atoms with Crippen molar-refractivity contribution in [2.75, 3.05) is 31.7 Å². The van der Waals surface area contributed by atoms with Crippen molar-refractivity contribution < 1.29 is 14.3 Å². The summed E-state index contributed by atoms with van der Waals surface area (Å²) in [6.45, 7) is 2.37. The Kier molecular flexibility index (Phi) is 5.35. The molecule has 2 heterocycles. The minimum absolute atomic E-state index is 0.0861. The Labute approximate surface area is 182 Å². The zero-order valence-corrected chi connectivity index (χ0v) is 17.7. The molecule has 0 bridgehead atoms. The Bertz CT molecular complexity index is 1070. The van der Waals surface area contributed by atoms with Gasteiger partial charge in [0, 0.05) is 18.7 Å². The van der Waals surface area contributed by atoms with Crippen LogP contribution >= 0.6 is 0 Å². The molecule has 158 valence electrons. The van der Waals surface area contributed by atoms with Crippen LogP contribution in [0.5, 0.6) is 11.5 Å². The van der Waals surface area contributed by atoms with Crippen molar-refractivity contribution in [1.82, 2.24) is 4.90 Å².